The van der Waals surface area contributed by atoms with Crippen molar-refractivity contribution in [2.75, 3.05) is 19.7 Å². The highest BCUT2D eigenvalue weighted by atomic mass is 16.5. The van der Waals surface area contributed by atoms with Gasteiger partial charge in [0.15, 0.2) is 0 Å². The summed E-state index contributed by atoms with van der Waals surface area (Å²) in [5, 5.41) is 0. The fraction of sp³-hybridized carbons (Fsp3) is 0.647. The normalized spacial score (nSPS) is 27.5. The molecule has 3 rings (SSSR count). The molecular weight excluding hydrogens is 248 g/mol. The number of nitrogens with two attached hydrogens (primary N) is 1. The summed E-state index contributed by atoms with van der Waals surface area (Å²) in [5.41, 5.74) is 7.41. The molecule has 0 amide bonds. The van der Waals surface area contributed by atoms with Crippen LogP contribution in [-0.4, -0.2) is 30.6 Å². The van der Waals surface area contributed by atoms with Crippen molar-refractivity contribution in [2.24, 2.45) is 11.7 Å². The van der Waals surface area contributed by atoms with Gasteiger partial charge in [0, 0.05) is 17.6 Å². The van der Waals surface area contributed by atoms with Gasteiger partial charge >= 0.3 is 0 Å². The second kappa shape index (κ2) is 6.15. The minimum absolute atomic E-state index is 0.448. The van der Waals surface area contributed by atoms with Gasteiger partial charge in [0.2, 0.25) is 0 Å². The number of piperidine rings is 1. The Morgan fingerprint density at radius 1 is 1.25 bits per heavy atom. The largest absolute Gasteiger partial charge is 0.494 e. The molecule has 2 N–H and O–H groups in total. The first-order valence-electron chi connectivity index (χ1n) is 8.02. The fourth-order valence-corrected chi connectivity index (χ4v) is 3.61. The van der Waals surface area contributed by atoms with Crippen LogP contribution in [0.25, 0.3) is 0 Å². The van der Waals surface area contributed by atoms with E-state index < -0.39 is 0 Å². The highest BCUT2D eigenvalue weighted by Gasteiger charge is 2.40. The summed E-state index contributed by atoms with van der Waals surface area (Å²) in [4.78, 5) is 2.69. The van der Waals surface area contributed by atoms with Crippen LogP contribution in [-0.2, 0) is 0 Å². The number of ether oxygens (including phenoxy) is 1. The van der Waals surface area contributed by atoms with Gasteiger partial charge in [0.1, 0.15) is 5.75 Å². The van der Waals surface area contributed by atoms with Gasteiger partial charge in [0.05, 0.1) is 6.61 Å². The van der Waals surface area contributed by atoms with Crippen molar-refractivity contribution in [3.63, 3.8) is 0 Å². The van der Waals surface area contributed by atoms with Crippen LogP contribution in [0, 0.1) is 5.92 Å². The number of hydrogen-bond donors (Lipinski definition) is 1. The molecule has 2 fully saturated rings. The van der Waals surface area contributed by atoms with Crippen molar-refractivity contribution < 1.29 is 4.74 Å². The lowest BCUT2D eigenvalue weighted by molar-refractivity contribution is 0.0855. The number of hydrogen-bond acceptors (Lipinski definition) is 3. The molecule has 1 saturated carbocycles. The van der Waals surface area contributed by atoms with Gasteiger partial charge in [-0.2, -0.15) is 0 Å². The molecule has 1 aromatic rings. The number of rotatable bonds is 5. The van der Waals surface area contributed by atoms with Crippen molar-refractivity contribution >= 4 is 0 Å². The fourth-order valence-electron chi connectivity index (χ4n) is 3.61. The molecule has 20 heavy (non-hydrogen) atoms. The van der Waals surface area contributed by atoms with Gasteiger partial charge in [-0.1, -0.05) is 18.2 Å². The van der Waals surface area contributed by atoms with E-state index in [-0.39, 0.29) is 0 Å². The van der Waals surface area contributed by atoms with E-state index in [1.807, 2.05) is 0 Å². The van der Waals surface area contributed by atoms with Crippen molar-refractivity contribution in [1.82, 2.24) is 4.90 Å². The smallest absolute Gasteiger partial charge is 0.124 e. The maximum Gasteiger partial charge on any atom is 0.124 e. The maximum atomic E-state index is 6.07. The molecule has 1 aliphatic heterocycles. The second-order valence-corrected chi connectivity index (χ2v) is 6.02. The molecule has 1 aromatic carbocycles. The van der Waals surface area contributed by atoms with Crippen LogP contribution in [0.5, 0.6) is 5.75 Å². The van der Waals surface area contributed by atoms with E-state index in [9.17, 15) is 0 Å². The molecule has 0 spiro atoms. The van der Waals surface area contributed by atoms with Crippen molar-refractivity contribution in [3.8, 4) is 5.75 Å². The first-order chi connectivity index (χ1) is 9.85. The van der Waals surface area contributed by atoms with Crippen LogP contribution < -0.4 is 10.5 Å². The quantitative estimate of drug-likeness (QED) is 0.897. The Hall–Kier alpha value is -1.06. The van der Waals surface area contributed by atoms with Crippen molar-refractivity contribution in [1.29, 1.82) is 0 Å². The van der Waals surface area contributed by atoms with Gasteiger partial charge in [-0.05, 0) is 57.7 Å². The third kappa shape index (κ3) is 2.70. The molecule has 1 aliphatic carbocycles. The van der Waals surface area contributed by atoms with E-state index in [1.54, 1.807) is 0 Å². The molecule has 0 radical (unpaired) electrons. The maximum absolute atomic E-state index is 6.07. The van der Waals surface area contributed by atoms with Gasteiger partial charge < -0.3 is 10.5 Å². The molecule has 2 aliphatic rings. The molecular formula is C17H26N2O. The van der Waals surface area contributed by atoms with Gasteiger partial charge in [-0.15, -0.1) is 0 Å². The lowest BCUT2D eigenvalue weighted by Gasteiger charge is -2.42. The molecule has 3 nitrogen and oxygen atoms in total. The van der Waals surface area contributed by atoms with Crippen LogP contribution in [0.15, 0.2) is 24.3 Å². The summed E-state index contributed by atoms with van der Waals surface area (Å²) in [6.07, 6.45) is 5.23. The molecule has 3 heteroatoms. The molecule has 110 valence electrons. The van der Waals surface area contributed by atoms with Crippen LogP contribution in [0.3, 0.4) is 0 Å². The summed E-state index contributed by atoms with van der Waals surface area (Å²) in [6.45, 7) is 4.76. The Morgan fingerprint density at radius 3 is 2.75 bits per heavy atom. The third-order valence-electron chi connectivity index (χ3n) is 4.65. The number of nitrogens with zero attached hydrogens (tertiary/aromatic N) is 1. The zero-order valence-corrected chi connectivity index (χ0v) is 12.4. The zero-order valence-electron chi connectivity index (χ0n) is 12.4. The predicted octanol–water partition coefficient (Wildman–Crippen LogP) is 2.96. The highest BCUT2D eigenvalue weighted by Crippen LogP contribution is 2.44. The van der Waals surface area contributed by atoms with E-state index in [4.69, 9.17) is 10.5 Å². The summed E-state index contributed by atoms with van der Waals surface area (Å²) < 4.78 is 5.86. The third-order valence-corrected chi connectivity index (χ3v) is 4.65. The average molecular weight is 274 g/mol. The van der Waals surface area contributed by atoms with E-state index >= 15 is 0 Å². The minimum atomic E-state index is 0.448. The topological polar surface area (TPSA) is 38.5 Å². The van der Waals surface area contributed by atoms with E-state index in [0.29, 0.717) is 12.0 Å². The zero-order chi connectivity index (χ0) is 13.9. The lowest BCUT2D eigenvalue weighted by Crippen LogP contribution is -2.42. The average Bonchev–Trinajstić information content (AvgIpc) is 3.32. The Balaban J connectivity index is 1.93. The predicted molar refractivity (Wildman–Crippen MR) is 81.9 cm³/mol. The molecule has 0 bridgehead atoms. The number of para-hydroxylation sites is 1. The first-order valence-corrected chi connectivity index (χ1v) is 8.02. The van der Waals surface area contributed by atoms with Gasteiger partial charge in [0.25, 0.3) is 0 Å². The Kier molecular flexibility index (Phi) is 4.27. The minimum Gasteiger partial charge on any atom is -0.494 e. The first kappa shape index (κ1) is 13.9. The Bertz CT molecular complexity index is 444. The second-order valence-electron chi connectivity index (χ2n) is 6.02. The molecule has 0 aromatic heterocycles. The van der Waals surface area contributed by atoms with Gasteiger partial charge in [-0.25, -0.2) is 0 Å². The number of benzene rings is 1. The summed E-state index contributed by atoms with van der Waals surface area (Å²) in [7, 11) is 0. The van der Waals surface area contributed by atoms with E-state index in [2.05, 4.69) is 36.1 Å². The molecule has 1 saturated heterocycles. The summed E-state index contributed by atoms with van der Waals surface area (Å²) >= 11 is 0. The van der Waals surface area contributed by atoms with E-state index in [0.717, 1.165) is 24.9 Å². The Morgan fingerprint density at radius 2 is 2.05 bits per heavy atom. The lowest BCUT2D eigenvalue weighted by atomic mass is 9.84. The van der Waals surface area contributed by atoms with Crippen molar-refractivity contribution in [3.05, 3.63) is 29.8 Å². The van der Waals surface area contributed by atoms with Crippen LogP contribution in [0.1, 0.15) is 44.2 Å². The van der Waals surface area contributed by atoms with Crippen LogP contribution in [0.4, 0.5) is 0 Å². The van der Waals surface area contributed by atoms with Crippen molar-refractivity contribution in [2.45, 2.75) is 44.7 Å². The Labute approximate surface area is 122 Å². The summed E-state index contributed by atoms with van der Waals surface area (Å²) in [6, 6.07) is 9.76. The molecule has 2 atom stereocenters. The summed E-state index contributed by atoms with van der Waals surface area (Å²) in [5.74, 6) is 1.61. The SMILES string of the molecule is CCOc1ccccc1C1C(CN)CCCN1C1CC1. The van der Waals surface area contributed by atoms with Gasteiger partial charge in [-0.3, -0.25) is 4.90 Å². The van der Waals surface area contributed by atoms with Crippen LogP contribution in [0.2, 0.25) is 0 Å². The molecule has 1 heterocycles. The van der Waals surface area contributed by atoms with Crippen LogP contribution >= 0.6 is 0 Å². The standard InChI is InChI=1S/C17H26N2O/c1-2-20-16-8-4-3-7-15(16)17-13(12-18)6-5-11-19(17)14-9-10-14/h3-4,7-8,13-14,17H,2,5-6,9-12,18H2,1H3. The van der Waals surface area contributed by atoms with E-state index in [1.165, 1.54) is 37.8 Å². The highest BCUT2D eigenvalue weighted by molar-refractivity contribution is 5.37. The number of likely N-dealkylation sites (tertiary alicyclic amines) is 1. The monoisotopic (exact) mass is 274 g/mol. The molecule has 2 unspecified atom stereocenters.